The quantitative estimate of drug-likeness (QED) is 0.417. The molecule has 0 aromatic rings. The van der Waals surface area contributed by atoms with Crippen LogP contribution < -0.4 is 5.32 Å². The van der Waals surface area contributed by atoms with Crippen molar-refractivity contribution in [3.05, 3.63) is 12.7 Å². The minimum absolute atomic E-state index is 0.239. The number of nitrogens with zero attached hydrogens (tertiary/aromatic N) is 1. The Balaban J connectivity index is 3.35. The highest BCUT2D eigenvalue weighted by Crippen LogP contribution is 1.98. The van der Waals surface area contributed by atoms with E-state index in [1.807, 2.05) is 6.08 Å². The lowest BCUT2D eigenvalue weighted by Crippen LogP contribution is -2.28. The molecule has 0 saturated heterocycles. The van der Waals surface area contributed by atoms with Crippen LogP contribution in [0.5, 0.6) is 0 Å². The van der Waals surface area contributed by atoms with Crippen molar-refractivity contribution in [1.29, 1.82) is 0 Å². The van der Waals surface area contributed by atoms with Crippen molar-refractivity contribution in [3.63, 3.8) is 0 Å². The van der Waals surface area contributed by atoms with E-state index in [4.69, 9.17) is 5.11 Å². The van der Waals surface area contributed by atoms with E-state index in [2.05, 4.69) is 30.6 Å². The fourth-order valence-corrected chi connectivity index (χ4v) is 1.65. The molecule has 0 aliphatic carbocycles. The highest BCUT2D eigenvalue weighted by Gasteiger charge is 2.01. The zero-order valence-electron chi connectivity index (χ0n) is 10.9. The van der Waals surface area contributed by atoms with Crippen molar-refractivity contribution in [2.45, 2.75) is 39.2 Å². The SMILES string of the molecule is C=CCN(CCO)CCCCCNC(C)C. The van der Waals surface area contributed by atoms with Crippen LogP contribution in [0.2, 0.25) is 0 Å². The van der Waals surface area contributed by atoms with Gasteiger partial charge in [0.25, 0.3) is 0 Å². The Labute approximate surface area is 101 Å². The summed E-state index contributed by atoms with van der Waals surface area (Å²) in [5, 5.41) is 12.3. The van der Waals surface area contributed by atoms with E-state index in [1.54, 1.807) is 0 Å². The predicted molar refractivity (Wildman–Crippen MR) is 70.7 cm³/mol. The third kappa shape index (κ3) is 10.1. The van der Waals surface area contributed by atoms with Gasteiger partial charge < -0.3 is 10.4 Å². The maximum absolute atomic E-state index is 8.88. The highest BCUT2D eigenvalue weighted by atomic mass is 16.3. The Hall–Kier alpha value is -0.380. The van der Waals surface area contributed by atoms with Crippen molar-refractivity contribution in [2.75, 3.05) is 32.8 Å². The second-order valence-electron chi connectivity index (χ2n) is 4.48. The third-order valence-corrected chi connectivity index (χ3v) is 2.51. The summed E-state index contributed by atoms with van der Waals surface area (Å²) in [5.74, 6) is 0. The van der Waals surface area contributed by atoms with Crippen LogP contribution in [0.15, 0.2) is 12.7 Å². The van der Waals surface area contributed by atoms with E-state index in [1.165, 1.54) is 19.3 Å². The van der Waals surface area contributed by atoms with Crippen LogP contribution in [0.4, 0.5) is 0 Å². The lowest BCUT2D eigenvalue weighted by atomic mass is 10.2. The van der Waals surface area contributed by atoms with Gasteiger partial charge in [-0.05, 0) is 25.9 Å². The van der Waals surface area contributed by atoms with Crippen LogP contribution in [0.25, 0.3) is 0 Å². The molecule has 3 nitrogen and oxygen atoms in total. The van der Waals surface area contributed by atoms with Gasteiger partial charge in [0.1, 0.15) is 0 Å². The van der Waals surface area contributed by atoms with Crippen molar-refractivity contribution >= 4 is 0 Å². The fraction of sp³-hybridized carbons (Fsp3) is 0.846. The Morgan fingerprint density at radius 1 is 1.25 bits per heavy atom. The molecular weight excluding hydrogens is 200 g/mol. The normalized spacial score (nSPS) is 11.3. The van der Waals surface area contributed by atoms with Crippen molar-refractivity contribution < 1.29 is 5.11 Å². The molecule has 0 aromatic carbocycles. The number of aliphatic hydroxyl groups is 1. The van der Waals surface area contributed by atoms with Gasteiger partial charge in [-0.15, -0.1) is 6.58 Å². The van der Waals surface area contributed by atoms with Gasteiger partial charge in [0.15, 0.2) is 0 Å². The summed E-state index contributed by atoms with van der Waals surface area (Å²) in [7, 11) is 0. The number of unbranched alkanes of at least 4 members (excludes halogenated alkanes) is 2. The van der Waals surface area contributed by atoms with Crippen LogP contribution in [-0.2, 0) is 0 Å². The lowest BCUT2D eigenvalue weighted by Gasteiger charge is -2.19. The zero-order chi connectivity index (χ0) is 12.2. The molecule has 0 atom stereocenters. The third-order valence-electron chi connectivity index (χ3n) is 2.51. The number of hydrogen-bond acceptors (Lipinski definition) is 3. The minimum atomic E-state index is 0.239. The molecule has 0 bridgehead atoms. The number of hydrogen-bond donors (Lipinski definition) is 2. The van der Waals surface area contributed by atoms with E-state index in [-0.39, 0.29) is 6.61 Å². The van der Waals surface area contributed by atoms with E-state index >= 15 is 0 Å². The number of nitrogens with one attached hydrogen (secondary N) is 1. The lowest BCUT2D eigenvalue weighted by molar-refractivity contribution is 0.206. The summed E-state index contributed by atoms with van der Waals surface area (Å²) in [6, 6.07) is 0.589. The first-order valence-electron chi connectivity index (χ1n) is 6.38. The Morgan fingerprint density at radius 2 is 2.00 bits per heavy atom. The molecule has 0 radical (unpaired) electrons. The molecule has 0 saturated carbocycles. The number of rotatable bonds is 11. The number of aliphatic hydroxyl groups excluding tert-OH is 1. The summed E-state index contributed by atoms with van der Waals surface area (Å²) in [5.41, 5.74) is 0. The van der Waals surface area contributed by atoms with Gasteiger partial charge in [-0.1, -0.05) is 26.3 Å². The molecule has 0 aliphatic rings. The molecule has 0 spiro atoms. The molecule has 0 heterocycles. The summed E-state index contributed by atoms with van der Waals surface area (Å²) in [6.07, 6.45) is 5.58. The Bertz CT molecular complexity index is 160. The average Bonchev–Trinajstić information content (AvgIpc) is 2.23. The molecule has 0 fully saturated rings. The molecule has 0 aromatic heterocycles. The van der Waals surface area contributed by atoms with Gasteiger partial charge in [-0.2, -0.15) is 0 Å². The van der Waals surface area contributed by atoms with Crippen molar-refractivity contribution in [2.24, 2.45) is 0 Å². The standard InChI is InChI=1S/C13H28N2O/c1-4-9-15(11-12-16)10-7-5-6-8-14-13(2)3/h4,13-14,16H,1,5-12H2,2-3H3. The largest absolute Gasteiger partial charge is 0.395 e. The second kappa shape index (κ2) is 11.1. The first-order chi connectivity index (χ1) is 7.70. The van der Waals surface area contributed by atoms with Gasteiger partial charge in [-0.3, -0.25) is 4.90 Å². The topological polar surface area (TPSA) is 35.5 Å². The van der Waals surface area contributed by atoms with E-state index in [0.29, 0.717) is 6.04 Å². The summed E-state index contributed by atoms with van der Waals surface area (Å²) < 4.78 is 0. The maximum Gasteiger partial charge on any atom is 0.0558 e. The van der Waals surface area contributed by atoms with Crippen LogP contribution in [0.1, 0.15) is 33.1 Å². The molecule has 0 aliphatic heterocycles. The molecule has 2 N–H and O–H groups in total. The zero-order valence-corrected chi connectivity index (χ0v) is 10.9. The second-order valence-corrected chi connectivity index (χ2v) is 4.48. The predicted octanol–water partition coefficient (Wildman–Crippen LogP) is 1.63. The smallest absolute Gasteiger partial charge is 0.0558 e. The van der Waals surface area contributed by atoms with Crippen LogP contribution in [-0.4, -0.2) is 48.8 Å². The highest BCUT2D eigenvalue weighted by molar-refractivity contribution is 4.73. The Morgan fingerprint density at radius 3 is 2.56 bits per heavy atom. The summed E-state index contributed by atoms with van der Waals surface area (Å²) in [4.78, 5) is 2.24. The van der Waals surface area contributed by atoms with Crippen LogP contribution in [0.3, 0.4) is 0 Å². The van der Waals surface area contributed by atoms with E-state index in [0.717, 1.165) is 26.2 Å². The van der Waals surface area contributed by atoms with Gasteiger partial charge in [0.05, 0.1) is 6.61 Å². The minimum Gasteiger partial charge on any atom is -0.395 e. The first kappa shape index (κ1) is 15.6. The average molecular weight is 228 g/mol. The molecule has 0 rings (SSSR count). The van der Waals surface area contributed by atoms with Crippen LogP contribution in [0, 0.1) is 0 Å². The molecule has 0 unspecified atom stereocenters. The van der Waals surface area contributed by atoms with Gasteiger partial charge in [-0.25, -0.2) is 0 Å². The molecule has 3 heteroatoms. The van der Waals surface area contributed by atoms with E-state index in [9.17, 15) is 0 Å². The Kier molecular flexibility index (Phi) is 10.9. The summed E-state index contributed by atoms with van der Waals surface area (Å²) in [6.45, 7) is 12.1. The van der Waals surface area contributed by atoms with Gasteiger partial charge >= 0.3 is 0 Å². The molecule has 96 valence electrons. The van der Waals surface area contributed by atoms with Crippen molar-refractivity contribution in [3.8, 4) is 0 Å². The summed E-state index contributed by atoms with van der Waals surface area (Å²) >= 11 is 0. The van der Waals surface area contributed by atoms with E-state index < -0.39 is 0 Å². The fourth-order valence-electron chi connectivity index (χ4n) is 1.65. The maximum atomic E-state index is 8.88. The first-order valence-corrected chi connectivity index (χ1v) is 6.38. The monoisotopic (exact) mass is 228 g/mol. The van der Waals surface area contributed by atoms with Gasteiger partial charge in [0.2, 0.25) is 0 Å². The molecule has 0 amide bonds. The molecular formula is C13H28N2O. The van der Waals surface area contributed by atoms with Crippen LogP contribution >= 0.6 is 0 Å². The van der Waals surface area contributed by atoms with Gasteiger partial charge in [0, 0.05) is 19.1 Å². The molecule has 16 heavy (non-hydrogen) atoms. The van der Waals surface area contributed by atoms with Crippen molar-refractivity contribution in [1.82, 2.24) is 10.2 Å².